The highest BCUT2D eigenvalue weighted by Gasteiger charge is 2.29. The van der Waals surface area contributed by atoms with Crippen molar-refractivity contribution in [1.82, 2.24) is 9.88 Å². The van der Waals surface area contributed by atoms with Gasteiger partial charge in [0.2, 0.25) is 0 Å². The lowest BCUT2D eigenvalue weighted by molar-refractivity contribution is 0.0729. The molecule has 1 amide bonds. The van der Waals surface area contributed by atoms with E-state index in [2.05, 4.69) is 17.1 Å². The van der Waals surface area contributed by atoms with Gasteiger partial charge >= 0.3 is 0 Å². The molecule has 2 heterocycles. The summed E-state index contributed by atoms with van der Waals surface area (Å²) in [6, 6.07) is 14.9. The molecule has 2 aromatic heterocycles. The number of amides is 1. The van der Waals surface area contributed by atoms with Crippen molar-refractivity contribution in [3.63, 3.8) is 0 Å². The number of aryl methyl sites for hydroxylation is 1. The molecule has 5 nitrogen and oxygen atoms in total. The predicted molar refractivity (Wildman–Crippen MR) is 94.4 cm³/mol. The van der Waals surface area contributed by atoms with Crippen LogP contribution in [-0.2, 0) is 6.42 Å². The van der Waals surface area contributed by atoms with Crippen molar-refractivity contribution in [3.8, 4) is 11.5 Å². The second-order valence-corrected chi connectivity index (χ2v) is 6.26. The topological polar surface area (TPSA) is 66.3 Å². The third kappa shape index (κ3) is 2.67. The van der Waals surface area contributed by atoms with Gasteiger partial charge in [0, 0.05) is 7.05 Å². The number of rotatable bonds is 3. The van der Waals surface area contributed by atoms with Crippen LogP contribution in [0.3, 0.4) is 0 Å². The molecule has 3 aromatic rings. The van der Waals surface area contributed by atoms with E-state index in [0.29, 0.717) is 11.5 Å². The fourth-order valence-corrected chi connectivity index (χ4v) is 3.49. The molecule has 4 rings (SSSR count). The Bertz CT molecular complexity index is 973. The first kappa shape index (κ1) is 15.4. The molecule has 25 heavy (non-hydrogen) atoms. The van der Waals surface area contributed by atoms with Gasteiger partial charge in [0.05, 0.1) is 18.0 Å². The molecule has 1 aromatic carbocycles. The minimum absolute atomic E-state index is 0.00727. The number of carbonyl (C=O) groups excluding carboxylic acids is 1. The van der Waals surface area contributed by atoms with Gasteiger partial charge in [0.1, 0.15) is 11.3 Å². The fraction of sp³-hybridized carbons (Fsp3) is 0.200. The minimum Gasteiger partial charge on any atom is -0.463 e. The lowest BCUT2D eigenvalue weighted by Crippen LogP contribution is -2.34. The Morgan fingerprint density at radius 2 is 2.00 bits per heavy atom. The summed E-state index contributed by atoms with van der Waals surface area (Å²) in [5.41, 5.74) is 2.73. The Morgan fingerprint density at radius 3 is 2.76 bits per heavy atom. The monoisotopic (exact) mass is 334 g/mol. The summed E-state index contributed by atoms with van der Waals surface area (Å²) in [6.45, 7) is 0. The Balaban J connectivity index is 1.62. The van der Waals surface area contributed by atoms with Crippen LogP contribution in [0.15, 0.2) is 64.0 Å². The molecule has 1 aliphatic carbocycles. The molecule has 1 N–H and O–H groups in total. The van der Waals surface area contributed by atoms with Crippen LogP contribution in [0.5, 0.6) is 0 Å². The molecule has 0 spiro atoms. The number of H-pyrrole nitrogens is 1. The first-order chi connectivity index (χ1) is 12.1. The molecule has 1 atom stereocenters. The third-order valence-electron chi connectivity index (χ3n) is 4.82. The Hall–Kier alpha value is -3.08. The van der Waals surface area contributed by atoms with Gasteiger partial charge in [-0.05, 0) is 48.2 Å². The number of hydrogen-bond donors (Lipinski definition) is 1. The predicted octanol–water partition coefficient (Wildman–Crippen LogP) is 3.39. The van der Waals surface area contributed by atoms with Crippen LogP contribution in [0, 0.1) is 0 Å². The zero-order valence-corrected chi connectivity index (χ0v) is 13.9. The summed E-state index contributed by atoms with van der Waals surface area (Å²) in [5, 5.41) is 0. The van der Waals surface area contributed by atoms with Crippen molar-refractivity contribution >= 4 is 5.91 Å². The zero-order chi connectivity index (χ0) is 17.4. The van der Waals surface area contributed by atoms with E-state index in [-0.39, 0.29) is 17.5 Å². The van der Waals surface area contributed by atoms with Gasteiger partial charge < -0.3 is 14.3 Å². The first-order valence-electron chi connectivity index (χ1n) is 8.27. The van der Waals surface area contributed by atoms with E-state index in [4.69, 9.17) is 4.42 Å². The SMILES string of the molecule is CN(C(=O)c1ccc(-c2ccco2)[nH]c1=O)[C@H]1CCc2ccccc21. The molecule has 0 bridgehead atoms. The molecular weight excluding hydrogens is 316 g/mol. The van der Waals surface area contributed by atoms with Crippen molar-refractivity contribution < 1.29 is 9.21 Å². The maximum Gasteiger partial charge on any atom is 0.261 e. The number of aromatic amines is 1. The molecule has 0 saturated carbocycles. The van der Waals surface area contributed by atoms with E-state index in [1.54, 1.807) is 36.2 Å². The first-order valence-corrected chi connectivity index (χ1v) is 8.27. The normalized spacial score (nSPS) is 15.8. The van der Waals surface area contributed by atoms with Gasteiger partial charge in [-0.25, -0.2) is 0 Å². The highest BCUT2D eigenvalue weighted by atomic mass is 16.3. The number of nitrogens with zero attached hydrogens (tertiary/aromatic N) is 1. The minimum atomic E-state index is -0.406. The average molecular weight is 334 g/mol. The van der Waals surface area contributed by atoms with Crippen LogP contribution in [0.1, 0.15) is 33.9 Å². The number of aromatic nitrogens is 1. The number of carbonyl (C=O) groups is 1. The van der Waals surface area contributed by atoms with Crippen molar-refractivity contribution in [1.29, 1.82) is 0 Å². The number of hydrogen-bond acceptors (Lipinski definition) is 3. The average Bonchev–Trinajstić information content (AvgIpc) is 3.30. The van der Waals surface area contributed by atoms with Crippen molar-refractivity contribution in [3.05, 3.63) is 81.8 Å². The quantitative estimate of drug-likeness (QED) is 0.798. The molecule has 0 unspecified atom stereocenters. The maximum absolute atomic E-state index is 12.8. The van der Waals surface area contributed by atoms with Gasteiger partial charge in [0.15, 0.2) is 0 Å². The van der Waals surface area contributed by atoms with Crippen LogP contribution in [-0.4, -0.2) is 22.8 Å². The highest BCUT2D eigenvalue weighted by molar-refractivity contribution is 5.94. The molecule has 5 heteroatoms. The van der Waals surface area contributed by atoms with Gasteiger partial charge in [-0.3, -0.25) is 9.59 Å². The smallest absolute Gasteiger partial charge is 0.261 e. The molecule has 0 aliphatic heterocycles. The third-order valence-corrected chi connectivity index (χ3v) is 4.82. The van der Waals surface area contributed by atoms with Crippen molar-refractivity contribution in [2.24, 2.45) is 0 Å². The summed E-state index contributed by atoms with van der Waals surface area (Å²) < 4.78 is 5.28. The van der Waals surface area contributed by atoms with Crippen LogP contribution < -0.4 is 5.56 Å². The summed E-state index contributed by atoms with van der Waals surface area (Å²) in [4.78, 5) is 29.6. The molecule has 0 radical (unpaired) electrons. The van der Waals surface area contributed by atoms with E-state index in [0.717, 1.165) is 12.8 Å². The van der Waals surface area contributed by atoms with Crippen LogP contribution in [0.4, 0.5) is 0 Å². The number of furan rings is 1. The number of benzene rings is 1. The second kappa shape index (κ2) is 6.09. The van der Waals surface area contributed by atoms with Crippen molar-refractivity contribution in [2.45, 2.75) is 18.9 Å². The molecule has 126 valence electrons. The van der Waals surface area contributed by atoms with E-state index >= 15 is 0 Å². The number of nitrogens with one attached hydrogen (secondary N) is 1. The summed E-state index contributed by atoms with van der Waals surface area (Å²) in [7, 11) is 1.76. The van der Waals surface area contributed by atoms with E-state index < -0.39 is 5.56 Å². The lowest BCUT2D eigenvalue weighted by atomic mass is 10.1. The van der Waals surface area contributed by atoms with Gasteiger partial charge in [-0.1, -0.05) is 24.3 Å². The van der Waals surface area contributed by atoms with Crippen molar-refractivity contribution in [2.75, 3.05) is 7.05 Å². The summed E-state index contributed by atoms with van der Waals surface area (Å²) in [6.07, 6.45) is 3.37. The maximum atomic E-state index is 12.8. The lowest BCUT2D eigenvalue weighted by Gasteiger charge is -2.25. The largest absolute Gasteiger partial charge is 0.463 e. The second-order valence-electron chi connectivity index (χ2n) is 6.26. The van der Waals surface area contributed by atoms with Crippen LogP contribution in [0.2, 0.25) is 0 Å². The Labute approximate surface area is 144 Å². The molecule has 1 aliphatic rings. The standard InChI is InChI=1S/C20H18N2O3/c1-22(17-11-8-13-5-2-3-6-14(13)17)20(24)15-9-10-16(21-19(15)23)18-7-4-12-25-18/h2-7,9-10,12,17H,8,11H2,1H3,(H,21,23)/t17-/m0/s1. The molecule has 0 fully saturated rings. The summed E-state index contributed by atoms with van der Waals surface area (Å²) in [5.74, 6) is 0.295. The Morgan fingerprint density at radius 1 is 1.16 bits per heavy atom. The van der Waals surface area contributed by atoms with E-state index in [1.165, 1.54) is 17.4 Å². The van der Waals surface area contributed by atoms with Gasteiger partial charge in [0.25, 0.3) is 11.5 Å². The number of fused-ring (bicyclic) bond motifs is 1. The Kier molecular flexibility index (Phi) is 3.76. The summed E-state index contributed by atoms with van der Waals surface area (Å²) >= 11 is 0. The fourth-order valence-electron chi connectivity index (χ4n) is 3.49. The zero-order valence-electron chi connectivity index (χ0n) is 13.9. The van der Waals surface area contributed by atoms with E-state index in [1.807, 2.05) is 12.1 Å². The van der Waals surface area contributed by atoms with Crippen LogP contribution >= 0.6 is 0 Å². The molecule has 0 saturated heterocycles. The molecular formula is C20H18N2O3. The van der Waals surface area contributed by atoms with E-state index in [9.17, 15) is 9.59 Å². The highest BCUT2D eigenvalue weighted by Crippen LogP contribution is 2.35. The van der Waals surface area contributed by atoms with Crippen LogP contribution in [0.25, 0.3) is 11.5 Å². The van der Waals surface area contributed by atoms with Gasteiger partial charge in [-0.2, -0.15) is 0 Å². The van der Waals surface area contributed by atoms with Gasteiger partial charge in [-0.15, -0.1) is 0 Å². The number of pyridine rings is 1.